The van der Waals surface area contributed by atoms with E-state index in [1.165, 1.54) is 17.4 Å². The van der Waals surface area contributed by atoms with Crippen molar-refractivity contribution >= 4 is 66.6 Å². The first-order valence-electron chi connectivity index (χ1n) is 8.91. The lowest BCUT2D eigenvalue weighted by Gasteiger charge is -2.22. The summed E-state index contributed by atoms with van der Waals surface area (Å²) in [7, 11) is 0.317. The molecule has 2 aromatic carbocycles. The third-order valence-corrected chi connectivity index (χ3v) is 7.27. The average molecular weight is 486 g/mol. The molecule has 0 N–H and O–H groups in total. The summed E-state index contributed by atoms with van der Waals surface area (Å²) in [4.78, 5) is 22.8. The molecule has 0 radical (unpaired) electrons. The molecule has 1 amide bonds. The van der Waals surface area contributed by atoms with Gasteiger partial charge in [-0.2, -0.15) is 0 Å². The maximum atomic E-state index is 13.4. The fourth-order valence-electron chi connectivity index (χ4n) is 2.83. The van der Waals surface area contributed by atoms with E-state index in [1.54, 1.807) is 34.9 Å². The van der Waals surface area contributed by atoms with Gasteiger partial charge >= 0.3 is 0 Å². The van der Waals surface area contributed by atoms with Crippen LogP contribution in [0.15, 0.2) is 52.3 Å². The number of anilines is 1. The molecular weight excluding hydrogens is 462 g/mol. The highest BCUT2D eigenvalue weighted by atomic mass is 35.5. The van der Waals surface area contributed by atoms with Crippen molar-refractivity contribution in [2.45, 2.75) is 9.79 Å². The number of halogens is 1. The van der Waals surface area contributed by atoms with Crippen LogP contribution in [0.2, 0.25) is 0 Å². The van der Waals surface area contributed by atoms with Crippen LogP contribution in [0.25, 0.3) is 10.2 Å². The molecule has 6 nitrogen and oxygen atoms in total. The molecule has 3 aromatic rings. The second kappa shape index (κ2) is 10.1. The quantitative estimate of drug-likeness (QED) is 0.470. The minimum atomic E-state index is -3.54. The lowest BCUT2D eigenvalue weighted by Crippen LogP contribution is -2.37. The van der Waals surface area contributed by atoms with Gasteiger partial charge < -0.3 is 4.90 Å². The lowest BCUT2D eigenvalue weighted by molar-refractivity contribution is 0.0982. The van der Waals surface area contributed by atoms with Crippen LogP contribution in [0.1, 0.15) is 10.4 Å². The molecule has 0 unspecified atom stereocenters. The minimum absolute atomic E-state index is 0. The molecule has 0 atom stereocenters. The summed E-state index contributed by atoms with van der Waals surface area (Å²) >= 11 is 3.08. The monoisotopic (exact) mass is 485 g/mol. The minimum Gasteiger partial charge on any atom is -0.308 e. The molecule has 1 aromatic heterocycles. The first-order chi connectivity index (χ1) is 13.7. The highest BCUT2D eigenvalue weighted by Crippen LogP contribution is 2.32. The van der Waals surface area contributed by atoms with Crippen molar-refractivity contribution in [1.82, 2.24) is 9.88 Å². The number of sulfone groups is 1. The highest BCUT2D eigenvalue weighted by molar-refractivity contribution is 7.98. The Hall–Kier alpha value is -1.65. The number of thioether (sulfide) groups is 1. The van der Waals surface area contributed by atoms with E-state index in [0.717, 1.165) is 21.4 Å². The molecule has 10 heteroatoms. The van der Waals surface area contributed by atoms with Crippen molar-refractivity contribution in [2.24, 2.45) is 0 Å². The second-order valence-corrected chi connectivity index (χ2v) is 10.7. The van der Waals surface area contributed by atoms with Crippen molar-refractivity contribution in [3.63, 3.8) is 0 Å². The van der Waals surface area contributed by atoms with Crippen LogP contribution < -0.4 is 4.90 Å². The first-order valence-corrected chi connectivity index (χ1v) is 12.8. The number of hydrogen-bond donors (Lipinski definition) is 0. The van der Waals surface area contributed by atoms with Crippen molar-refractivity contribution in [1.29, 1.82) is 0 Å². The van der Waals surface area contributed by atoms with Crippen molar-refractivity contribution in [3.05, 3.63) is 48.0 Å². The molecule has 0 saturated carbocycles. The molecule has 0 fully saturated rings. The summed E-state index contributed by atoms with van der Waals surface area (Å²) in [5.74, 6) is -0.364. The van der Waals surface area contributed by atoms with E-state index in [9.17, 15) is 13.2 Å². The molecule has 0 saturated heterocycles. The normalized spacial score (nSPS) is 11.5. The molecule has 0 bridgehead atoms. The molecular formula is C20H24ClN3O3S3. The van der Waals surface area contributed by atoms with Gasteiger partial charge in [0, 0.05) is 24.2 Å². The predicted molar refractivity (Wildman–Crippen MR) is 128 cm³/mol. The third kappa shape index (κ3) is 5.53. The van der Waals surface area contributed by atoms with E-state index in [4.69, 9.17) is 0 Å². The number of thiazole rings is 1. The summed E-state index contributed by atoms with van der Waals surface area (Å²) in [5.41, 5.74) is 0.986. The average Bonchev–Trinajstić information content (AvgIpc) is 3.09. The van der Waals surface area contributed by atoms with E-state index in [1.807, 2.05) is 37.4 Å². The van der Waals surface area contributed by atoms with E-state index in [0.29, 0.717) is 18.2 Å². The van der Waals surface area contributed by atoms with Crippen LogP contribution in [-0.4, -0.2) is 63.9 Å². The SMILES string of the molecule is CSc1ccc2nc(N(CCN(C)C)C(=O)c3ccccc3S(C)(=O)=O)sc2c1.Cl. The Morgan fingerprint density at radius 1 is 1.13 bits per heavy atom. The summed E-state index contributed by atoms with van der Waals surface area (Å²) in [6.07, 6.45) is 3.13. The van der Waals surface area contributed by atoms with Gasteiger partial charge in [0.25, 0.3) is 5.91 Å². The predicted octanol–water partition coefficient (Wildman–Crippen LogP) is 4.05. The Morgan fingerprint density at radius 3 is 2.47 bits per heavy atom. The van der Waals surface area contributed by atoms with Gasteiger partial charge in [0.15, 0.2) is 15.0 Å². The van der Waals surface area contributed by atoms with Gasteiger partial charge in [-0.25, -0.2) is 13.4 Å². The van der Waals surface area contributed by atoms with Crippen LogP contribution >= 0.6 is 35.5 Å². The Balaban J connectivity index is 0.00000320. The van der Waals surface area contributed by atoms with Gasteiger partial charge in [0.1, 0.15) is 0 Å². The standard InChI is InChI=1S/C20H23N3O3S3.ClH/c1-22(2)11-12-23(19(24)15-7-5-6-8-18(15)29(4,25)26)20-21-16-10-9-14(27-3)13-17(16)28-20;/h5-10,13H,11-12H2,1-4H3;1H. The van der Waals surface area contributed by atoms with Crippen LogP contribution in [0.5, 0.6) is 0 Å². The van der Waals surface area contributed by atoms with Gasteiger partial charge in [-0.05, 0) is 50.7 Å². The molecule has 0 aliphatic rings. The number of fused-ring (bicyclic) bond motifs is 1. The van der Waals surface area contributed by atoms with E-state index < -0.39 is 9.84 Å². The fraction of sp³-hybridized carbons (Fsp3) is 0.300. The first kappa shape index (κ1) is 24.6. The Morgan fingerprint density at radius 2 is 1.83 bits per heavy atom. The van der Waals surface area contributed by atoms with Crippen molar-refractivity contribution in [3.8, 4) is 0 Å². The van der Waals surface area contributed by atoms with E-state index in [-0.39, 0.29) is 28.8 Å². The van der Waals surface area contributed by atoms with E-state index in [2.05, 4.69) is 11.1 Å². The smallest absolute Gasteiger partial charge is 0.261 e. The molecule has 3 rings (SSSR count). The van der Waals surface area contributed by atoms with Crippen molar-refractivity contribution in [2.75, 3.05) is 44.6 Å². The number of carbonyl (C=O) groups is 1. The maximum Gasteiger partial charge on any atom is 0.261 e. The topological polar surface area (TPSA) is 70.6 Å². The summed E-state index contributed by atoms with van der Waals surface area (Å²) in [6, 6.07) is 12.3. The van der Waals surface area contributed by atoms with Crippen LogP contribution in [0, 0.1) is 0 Å². The summed E-state index contributed by atoms with van der Waals surface area (Å²) < 4.78 is 25.4. The Kier molecular flexibility index (Phi) is 8.29. The number of carbonyl (C=O) groups excluding carboxylic acids is 1. The zero-order valence-electron chi connectivity index (χ0n) is 17.2. The summed E-state index contributed by atoms with van der Waals surface area (Å²) in [5, 5.41) is 0.563. The molecule has 162 valence electrons. The lowest BCUT2D eigenvalue weighted by atomic mass is 10.2. The number of hydrogen-bond acceptors (Lipinski definition) is 7. The van der Waals surface area contributed by atoms with Gasteiger partial charge in [0.05, 0.1) is 20.7 Å². The van der Waals surface area contributed by atoms with Gasteiger partial charge in [0.2, 0.25) is 0 Å². The van der Waals surface area contributed by atoms with Gasteiger partial charge in [-0.1, -0.05) is 23.5 Å². The van der Waals surface area contributed by atoms with Gasteiger partial charge in [-0.3, -0.25) is 9.69 Å². The molecule has 1 heterocycles. The number of rotatable bonds is 7. The maximum absolute atomic E-state index is 13.4. The summed E-state index contributed by atoms with van der Waals surface area (Å²) in [6.45, 7) is 1.03. The Labute approximate surface area is 191 Å². The molecule has 0 aliphatic heterocycles. The zero-order chi connectivity index (χ0) is 21.2. The number of nitrogens with zero attached hydrogens (tertiary/aromatic N) is 3. The second-order valence-electron chi connectivity index (χ2n) is 6.86. The molecule has 30 heavy (non-hydrogen) atoms. The largest absolute Gasteiger partial charge is 0.308 e. The van der Waals surface area contributed by atoms with Crippen LogP contribution in [0.3, 0.4) is 0 Å². The number of aromatic nitrogens is 1. The number of amides is 1. The highest BCUT2D eigenvalue weighted by Gasteiger charge is 2.26. The fourth-order valence-corrected chi connectivity index (χ4v) is 5.26. The molecule has 0 aliphatic carbocycles. The Bertz CT molecular complexity index is 1150. The number of benzene rings is 2. The van der Waals surface area contributed by atoms with Gasteiger partial charge in [-0.15, -0.1) is 24.2 Å². The number of likely N-dealkylation sites (N-methyl/N-ethyl adjacent to an activating group) is 1. The van der Waals surface area contributed by atoms with E-state index >= 15 is 0 Å². The zero-order valence-corrected chi connectivity index (χ0v) is 20.4. The third-order valence-electron chi connectivity index (χ3n) is 4.35. The molecule has 0 spiro atoms. The van der Waals surface area contributed by atoms with Crippen LogP contribution in [0.4, 0.5) is 5.13 Å². The van der Waals surface area contributed by atoms with Crippen LogP contribution in [-0.2, 0) is 9.84 Å². The van der Waals surface area contributed by atoms with Crippen molar-refractivity contribution < 1.29 is 13.2 Å².